The number of hydrogen-bond acceptors (Lipinski definition) is 3. The van der Waals surface area contributed by atoms with Crippen molar-refractivity contribution in [3.8, 4) is 0 Å². The van der Waals surface area contributed by atoms with Gasteiger partial charge in [0.05, 0.1) is 6.61 Å². The van der Waals surface area contributed by atoms with Gasteiger partial charge in [0, 0.05) is 44.4 Å². The van der Waals surface area contributed by atoms with Gasteiger partial charge in [-0.25, -0.2) is 4.39 Å². The summed E-state index contributed by atoms with van der Waals surface area (Å²) in [5.74, 6) is -0.263. The maximum atomic E-state index is 13.1. The summed E-state index contributed by atoms with van der Waals surface area (Å²) in [5.41, 5.74) is 1.44. The van der Waals surface area contributed by atoms with Gasteiger partial charge in [-0.1, -0.05) is 0 Å². The molecule has 1 aromatic carbocycles. The molecular weight excluding hydrogens is 235 g/mol. The van der Waals surface area contributed by atoms with Crippen molar-refractivity contribution < 1.29 is 14.3 Å². The largest absolute Gasteiger partial charge is 0.392 e. The molecule has 0 atom stereocenters. The fraction of sp³-hybridized carbons (Fsp3) is 0.462. The van der Waals surface area contributed by atoms with Crippen molar-refractivity contribution in [3.05, 3.63) is 29.6 Å². The van der Waals surface area contributed by atoms with Crippen molar-refractivity contribution in [1.82, 2.24) is 4.90 Å². The lowest BCUT2D eigenvalue weighted by atomic mass is 10.1. The monoisotopic (exact) mass is 252 g/mol. The van der Waals surface area contributed by atoms with Crippen LogP contribution in [0.4, 0.5) is 10.1 Å². The highest BCUT2D eigenvalue weighted by molar-refractivity contribution is 5.73. The predicted molar refractivity (Wildman–Crippen MR) is 66.8 cm³/mol. The Hall–Kier alpha value is -1.62. The molecule has 0 bridgehead atoms. The molecular formula is C13H17FN2O2. The second kappa shape index (κ2) is 5.35. The fourth-order valence-electron chi connectivity index (χ4n) is 2.25. The van der Waals surface area contributed by atoms with Crippen LogP contribution in [0.3, 0.4) is 0 Å². The number of carbonyl (C=O) groups is 1. The standard InChI is InChI=1S/C13H17FN2O2/c1-10(18)15-4-6-16(7-5-15)13-3-2-12(14)8-11(13)9-17/h2-3,8,17H,4-7,9H2,1H3. The van der Waals surface area contributed by atoms with Crippen molar-refractivity contribution >= 4 is 11.6 Å². The van der Waals surface area contributed by atoms with Crippen LogP contribution in [0.1, 0.15) is 12.5 Å². The third-order valence-corrected chi connectivity index (χ3v) is 3.28. The number of carbonyl (C=O) groups excluding carboxylic acids is 1. The molecule has 1 amide bonds. The zero-order chi connectivity index (χ0) is 13.1. The number of rotatable bonds is 2. The van der Waals surface area contributed by atoms with Crippen LogP contribution in [0.5, 0.6) is 0 Å². The van der Waals surface area contributed by atoms with Crippen LogP contribution in [-0.4, -0.2) is 42.1 Å². The van der Waals surface area contributed by atoms with Gasteiger partial charge < -0.3 is 14.9 Å². The number of aliphatic hydroxyl groups excluding tert-OH is 1. The minimum Gasteiger partial charge on any atom is -0.392 e. The van der Waals surface area contributed by atoms with Crippen molar-refractivity contribution in [2.75, 3.05) is 31.1 Å². The molecule has 0 radical (unpaired) electrons. The fourth-order valence-corrected chi connectivity index (χ4v) is 2.25. The summed E-state index contributed by atoms with van der Waals surface area (Å²) < 4.78 is 13.1. The number of amides is 1. The topological polar surface area (TPSA) is 43.8 Å². The lowest BCUT2D eigenvalue weighted by Crippen LogP contribution is -2.48. The normalized spacial score (nSPS) is 15.9. The average molecular weight is 252 g/mol. The highest BCUT2D eigenvalue weighted by atomic mass is 19.1. The molecule has 1 N–H and O–H groups in total. The summed E-state index contributed by atoms with van der Waals surface area (Å²) >= 11 is 0. The second-order valence-corrected chi connectivity index (χ2v) is 4.42. The molecule has 18 heavy (non-hydrogen) atoms. The quantitative estimate of drug-likeness (QED) is 0.853. The van der Waals surface area contributed by atoms with E-state index in [1.165, 1.54) is 12.1 Å². The zero-order valence-electron chi connectivity index (χ0n) is 10.4. The Kier molecular flexibility index (Phi) is 3.81. The third kappa shape index (κ3) is 2.61. The SMILES string of the molecule is CC(=O)N1CCN(c2ccc(F)cc2CO)CC1. The lowest BCUT2D eigenvalue weighted by molar-refractivity contribution is -0.129. The van der Waals surface area contributed by atoms with Crippen LogP contribution in [-0.2, 0) is 11.4 Å². The van der Waals surface area contributed by atoms with Gasteiger partial charge in [0.1, 0.15) is 5.82 Å². The van der Waals surface area contributed by atoms with Gasteiger partial charge in [-0.15, -0.1) is 0 Å². The van der Waals surface area contributed by atoms with Crippen molar-refractivity contribution in [3.63, 3.8) is 0 Å². The Morgan fingerprint density at radius 1 is 1.33 bits per heavy atom. The first-order chi connectivity index (χ1) is 8.61. The second-order valence-electron chi connectivity index (χ2n) is 4.42. The molecule has 0 unspecified atom stereocenters. The Balaban J connectivity index is 2.12. The van der Waals surface area contributed by atoms with E-state index in [0.717, 1.165) is 5.69 Å². The van der Waals surface area contributed by atoms with Crippen LogP contribution >= 0.6 is 0 Å². The summed E-state index contributed by atoms with van der Waals surface area (Å²) in [5, 5.41) is 9.26. The van der Waals surface area contributed by atoms with E-state index in [0.29, 0.717) is 31.7 Å². The van der Waals surface area contributed by atoms with E-state index in [9.17, 15) is 14.3 Å². The number of anilines is 1. The maximum Gasteiger partial charge on any atom is 0.219 e. The molecule has 0 spiro atoms. The maximum absolute atomic E-state index is 13.1. The van der Waals surface area contributed by atoms with E-state index in [4.69, 9.17) is 0 Å². The van der Waals surface area contributed by atoms with Crippen LogP contribution in [0, 0.1) is 5.82 Å². The first kappa shape index (κ1) is 12.8. The van der Waals surface area contributed by atoms with Crippen molar-refractivity contribution in [2.45, 2.75) is 13.5 Å². The zero-order valence-corrected chi connectivity index (χ0v) is 10.4. The Morgan fingerprint density at radius 3 is 2.56 bits per heavy atom. The summed E-state index contributed by atoms with van der Waals surface area (Å²) in [7, 11) is 0. The number of benzene rings is 1. The molecule has 0 aromatic heterocycles. The molecule has 2 rings (SSSR count). The molecule has 1 saturated heterocycles. The molecule has 1 aliphatic rings. The number of hydrogen-bond donors (Lipinski definition) is 1. The number of halogens is 1. The molecule has 5 heteroatoms. The van der Waals surface area contributed by atoms with Gasteiger partial charge >= 0.3 is 0 Å². The number of nitrogens with zero attached hydrogens (tertiary/aromatic N) is 2. The van der Waals surface area contributed by atoms with Crippen molar-refractivity contribution in [2.24, 2.45) is 0 Å². The molecule has 4 nitrogen and oxygen atoms in total. The summed E-state index contributed by atoms with van der Waals surface area (Å²) in [6.45, 7) is 4.12. The summed E-state index contributed by atoms with van der Waals surface area (Å²) in [6, 6.07) is 4.43. The number of aliphatic hydroxyl groups is 1. The van der Waals surface area contributed by atoms with Gasteiger partial charge in [0.25, 0.3) is 0 Å². The van der Waals surface area contributed by atoms with E-state index >= 15 is 0 Å². The van der Waals surface area contributed by atoms with Crippen LogP contribution < -0.4 is 4.90 Å². The molecule has 98 valence electrons. The number of piperazine rings is 1. The smallest absolute Gasteiger partial charge is 0.219 e. The average Bonchev–Trinajstić information content (AvgIpc) is 2.38. The Labute approximate surface area is 106 Å². The van der Waals surface area contributed by atoms with Gasteiger partial charge in [-0.3, -0.25) is 4.79 Å². The minimum atomic E-state index is -0.342. The Bertz CT molecular complexity index is 443. The summed E-state index contributed by atoms with van der Waals surface area (Å²) in [4.78, 5) is 15.1. The van der Waals surface area contributed by atoms with E-state index < -0.39 is 0 Å². The Morgan fingerprint density at radius 2 is 2.00 bits per heavy atom. The summed E-state index contributed by atoms with van der Waals surface area (Å²) in [6.07, 6.45) is 0. The van der Waals surface area contributed by atoms with Gasteiger partial charge in [-0.05, 0) is 18.2 Å². The molecule has 1 aliphatic heterocycles. The van der Waals surface area contributed by atoms with E-state index in [2.05, 4.69) is 4.90 Å². The lowest BCUT2D eigenvalue weighted by Gasteiger charge is -2.36. The molecule has 1 fully saturated rings. The third-order valence-electron chi connectivity index (χ3n) is 3.28. The molecule has 0 saturated carbocycles. The van der Waals surface area contributed by atoms with E-state index in [1.54, 1.807) is 17.9 Å². The van der Waals surface area contributed by atoms with Crippen molar-refractivity contribution in [1.29, 1.82) is 0 Å². The van der Waals surface area contributed by atoms with Crippen LogP contribution in [0.2, 0.25) is 0 Å². The molecule has 1 aromatic rings. The minimum absolute atomic E-state index is 0.0798. The highest BCUT2D eigenvalue weighted by Crippen LogP contribution is 2.23. The first-order valence-electron chi connectivity index (χ1n) is 6.01. The van der Waals surface area contributed by atoms with Gasteiger partial charge in [0.2, 0.25) is 5.91 Å². The van der Waals surface area contributed by atoms with Crippen LogP contribution in [0.15, 0.2) is 18.2 Å². The molecule has 1 heterocycles. The van der Waals surface area contributed by atoms with E-state index in [1.807, 2.05) is 0 Å². The van der Waals surface area contributed by atoms with Gasteiger partial charge in [0.15, 0.2) is 0 Å². The van der Waals surface area contributed by atoms with Gasteiger partial charge in [-0.2, -0.15) is 0 Å². The first-order valence-corrected chi connectivity index (χ1v) is 6.01. The van der Waals surface area contributed by atoms with Crippen LogP contribution in [0.25, 0.3) is 0 Å². The predicted octanol–water partition coefficient (Wildman–Crippen LogP) is 0.987. The van der Waals surface area contributed by atoms with E-state index in [-0.39, 0.29) is 18.3 Å². The molecule has 0 aliphatic carbocycles. The highest BCUT2D eigenvalue weighted by Gasteiger charge is 2.20.